The molecule has 5 aliphatic rings. The van der Waals surface area contributed by atoms with E-state index in [0.29, 0.717) is 19.0 Å². The lowest BCUT2D eigenvalue weighted by Crippen LogP contribution is -2.24. The first kappa shape index (κ1) is 24.6. The van der Waals surface area contributed by atoms with E-state index >= 15 is 0 Å². The van der Waals surface area contributed by atoms with E-state index in [4.69, 9.17) is 15.0 Å². The lowest BCUT2D eigenvalue weighted by atomic mass is 10.0. The number of ether oxygens (including phenoxy) is 1. The lowest BCUT2D eigenvalue weighted by molar-refractivity contribution is -0.00228. The van der Waals surface area contributed by atoms with Crippen LogP contribution in [0.25, 0.3) is 0 Å². The van der Waals surface area contributed by atoms with Gasteiger partial charge in [0, 0.05) is 18.7 Å². The molecule has 176 valence electrons. The van der Waals surface area contributed by atoms with Crippen LogP contribution in [0, 0.1) is 17.8 Å². The van der Waals surface area contributed by atoms with Crippen molar-refractivity contribution in [3.8, 4) is 0 Å². The molecule has 6 rings (SSSR count). The molecule has 2 saturated carbocycles. The van der Waals surface area contributed by atoms with Crippen molar-refractivity contribution < 1.29 is 14.1 Å². The number of nitrogens with zero attached hydrogens (tertiary/aromatic N) is 2. The molecule has 7 nitrogen and oxygen atoms in total. The average molecular weight is 453 g/mol. The van der Waals surface area contributed by atoms with E-state index in [-0.39, 0.29) is 11.6 Å². The topological polar surface area (TPSA) is 93.6 Å². The van der Waals surface area contributed by atoms with Crippen LogP contribution in [0.5, 0.6) is 0 Å². The fourth-order valence-corrected chi connectivity index (χ4v) is 5.74. The first-order valence-electron chi connectivity index (χ1n) is 12.0. The Labute approximate surface area is 191 Å². The molecule has 0 aromatic carbocycles. The number of nitrogens with two attached hydrogens (primary N) is 1. The largest absolute Gasteiger partial charge is 0.380 e. The molecule has 2 aliphatic carbocycles. The molecule has 0 bridgehead atoms. The molecule has 3 aliphatic heterocycles. The van der Waals surface area contributed by atoms with Crippen molar-refractivity contribution in [3.63, 3.8) is 0 Å². The molecule has 8 heteroatoms. The number of nitrogens with one attached hydrogen (secondary N) is 1. The number of hydrogen-bond donors (Lipinski definition) is 2. The predicted molar refractivity (Wildman–Crippen MR) is 125 cm³/mol. The quantitative estimate of drug-likeness (QED) is 0.676. The van der Waals surface area contributed by atoms with Crippen molar-refractivity contribution in [2.75, 3.05) is 39.1 Å². The van der Waals surface area contributed by atoms with Gasteiger partial charge in [-0.05, 0) is 69.2 Å². The molecule has 1 amide bonds. The number of rotatable bonds is 3. The summed E-state index contributed by atoms with van der Waals surface area (Å²) < 4.78 is 12.4. The summed E-state index contributed by atoms with van der Waals surface area (Å²) in [6, 6.07) is 2.55. The normalized spacial score (nSPS) is 30.8. The van der Waals surface area contributed by atoms with E-state index in [9.17, 15) is 4.79 Å². The van der Waals surface area contributed by atoms with E-state index < -0.39 is 5.91 Å². The highest BCUT2D eigenvalue weighted by Gasteiger charge is 2.43. The number of primary amides is 1. The van der Waals surface area contributed by atoms with Gasteiger partial charge in [-0.3, -0.25) is 4.79 Å². The van der Waals surface area contributed by atoms with Crippen LogP contribution < -0.4 is 11.1 Å². The van der Waals surface area contributed by atoms with Crippen molar-refractivity contribution in [2.45, 2.75) is 64.3 Å². The van der Waals surface area contributed by atoms with E-state index in [0.717, 1.165) is 23.8 Å². The van der Waals surface area contributed by atoms with E-state index in [1.54, 1.807) is 6.07 Å². The van der Waals surface area contributed by atoms with Crippen LogP contribution in [0.1, 0.15) is 74.5 Å². The minimum Gasteiger partial charge on any atom is -0.380 e. The smallest absolute Gasteiger partial charge is 0.270 e. The minimum absolute atomic E-state index is 0.178. The second-order valence-electron chi connectivity index (χ2n) is 8.85. The van der Waals surface area contributed by atoms with Gasteiger partial charge in [-0.15, -0.1) is 0 Å². The molecule has 4 heterocycles. The van der Waals surface area contributed by atoms with E-state index in [1.807, 2.05) is 25.8 Å². The number of aromatic nitrogens is 1. The summed E-state index contributed by atoms with van der Waals surface area (Å²) in [7, 11) is 0. The van der Waals surface area contributed by atoms with E-state index in [1.165, 1.54) is 58.2 Å². The third-order valence-corrected chi connectivity index (χ3v) is 7.82. The molecule has 1 aromatic heterocycles. The average Bonchev–Trinajstić information content (AvgIpc) is 3.08. The van der Waals surface area contributed by atoms with Crippen LogP contribution in [0.4, 0.5) is 0 Å². The number of fused-ring (bicyclic) bond motifs is 2. The van der Waals surface area contributed by atoms with Gasteiger partial charge in [-0.25, -0.2) is 4.31 Å². The maximum atomic E-state index is 10.6. The Morgan fingerprint density at radius 1 is 1.16 bits per heavy atom. The maximum absolute atomic E-state index is 10.6. The first-order chi connectivity index (χ1) is 15.2. The summed E-state index contributed by atoms with van der Waals surface area (Å²) in [4.78, 5) is 10.6. The van der Waals surface area contributed by atoms with Crippen LogP contribution >= 0.6 is 11.9 Å². The Kier molecular flexibility index (Phi) is 9.69. The lowest BCUT2D eigenvalue weighted by Gasteiger charge is -2.22. The maximum Gasteiger partial charge on any atom is 0.270 e. The summed E-state index contributed by atoms with van der Waals surface area (Å²) in [5, 5.41) is 6.94. The van der Waals surface area contributed by atoms with Crippen LogP contribution in [-0.4, -0.2) is 60.5 Å². The van der Waals surface area contributed by atoms with Gasteiger partial charge in [0.25, 0.3) is 5.91 Å². The van der Waals surface area contributed by atoms with Crippen molar-refractivity contribution in [2.24, 2.45) is 23.5 Å². The van der Waals surface area contributed by atoms with E-state index in [2.05, 4.69) is 21.0 Å². The van der Waals surface area contributed by atoms with Crippen molar-refractivity contribution >= 4 is 17.9 Å². The van der Waals surface area contributed by atoms with Crippen LogP contribution in [0.3, 0.4) is 0 Å². The van der Waals surface area contributed by atoms with Gasteiger partial charge in [0.1, 0.15) is 5.76 Å². The number of carbonyl (C=O) groups excluding carboxylic acids is 1. The van der Waals surface area contributed by atoms with Crippen LogP contribution in [0.15, 0.2) is 10.6 Å². The molecule has 5 fully saturated rings. The molecule has 31 heavy (non-hydrogen) atoms. The summed E-state index contributed by atoms with van der Waals surface area (Å²) in [6.07, 6.45) is 11.1. The zero-order valence-corrected chi connectivity index (χ0v) is 20.2. The SMILES string of the molecule is C1CC2CNCC2C1.CC.CSN1CCCC2CC21.NC(=O)c1cc(C2COC2)on1. The number of carbonyl (C=O) groups is 1. The fraction of sp³-hybridized carbons (Fsp3) is 0.826. The van der Waals surface area contributed by atoms with Gasteiger partial charge in [0.15, 0.2) is 5.69 Å². The predicted octanol–water partition coefficient (Wildman–Crippen LogP) is 3.67. The van der Waals surface area contributed by atoms with Gasteiger partial charge in [0.05, 0.1) is 19.1 Å². The Morgan fingerprint density at radius 2 is 1.84 bits per heavy atom. The summed E-state index contributed by atoms with van der Waals surface area (Å²) in [5.41, 5.74) is 5.17. The second kappa shape index (κ2) is 12.2. The molecule has 4 unspecified atom stereocenters. The second-order valence-corrected chi connectivity index (χ2v) is 9.69. The van der Waals surface area contributed by atoms with Crippen molar-refractivity contribution in [1.29, 1.82) is 0 Å². The van der Waals surface area contributed by atoms with Crippen LogP contribution in [0.2, 0.25) is 0 Å². The van der Waals surface area contributed by atoms with Gasteiger partial charge in [-0.1, -0.05) is 37.4 Å². The molecular weight excluding hydrogens is 412 g/mol. The van der Waals surface area contributed by atoms with Crippen LogP contribution in [-0.2, 0) is 4.74 Å². The van der Waals surface area contributed by atoms with Gasteiger partial charge in [-0.2, -0.15) is 0 Å². The standard InChI is InChI=1S/C7H8N2O3.C7H13NS.C7H13N.C2H6/c8-7(10)5-1-6(12-9-5)4-2-11-3-4;1-9-8-4-2-3-6-5-7(6)8;1-2-6-4-8-5-7(6)3-1;1-2/h1,4H,2-3H2,(H2,8,10);6-7H,2-5H2,1H3;6-8H,1-5H2;1-2H3. The Balaban J connectivity index is 0.000000129. The van der Waals surface area contributed by atoms with Gasteiger partial charge in [0.2, 0.25) is 0 Å². The Morgan fingerprint density at radius 3 is 2.35 bits per heavy atom. The molecular formula is C23H40N4O3S. The molecule has 3 saturated heterocycles. The zero-order chi connectivity index (χ0) is 22.2. The zero-order valence-electron chi connectivity index (χ0n) is 19.3. The molecule has 3 N–H and O–H groups in total. The fourth-order valence-electron chi connectivity index (χ4n) is 4.90. The minimum atomic E-state index is -0.565. The number of hydrogen-bond acceptors (Lipinski definition) is 7. The van der Waals surface area contributed by atoms with Gasteiger partial charge < -0.3 is 20.3 Å². The molecule has 0 radical (unpaired) electrons. The Hall–Kier alpha value is -1.09. The van der Waals surface area contributed by atoms with Gasteiger partial charge >= 0.3 is 0 Å². The summed E-state index contributed by atoms with van der Waals surface area (Å²) in [5.74, 6) is 3.57. The Bertz CT molecular complexity index is 662. The van der Waals surface area contributed by atoms with Crippen molar-refractivity contribution in [1.82, 2.24) is 14.8 Å². The number of amides is 1. The highest BCUT2D eigenvalue weighted by molar-refractivity contribution is 7.96. The first-order valence-corrected chi connectivity index (χ1v) is 13.2. The van der Waals surface area contributed by atoms with Crippen molar-refractivity contribution in [3.05, 3.63) is 17.5 Å². The highest BCUT2D eigenvalue weighted by atomic mass is 32.2. The molecule has 1 aromatic rings. The molecule has 0 spiro atoms. The molecule has 4 atom stereocenters. The summed E-state index contributed by atoms with van der Waals surface area (Å²) in [6.45, 7) is 9.22. The summed E-state index contributed by atoms with van der Waals surface area (Å²) >= 11 is 1.93. The number of piperidine rings is 1. The third-order valence-electron chi connectivity index (χ3n) is 6.89. The third kappa shape index (κ3) is 6.70. The highest BCUT2D eigenvalue weighted by Crippen LogP contribution is 2.45. The monoisotopic (exact) mass is 452 g/mol.